The predicted molar refractivity (Wildman–Crippen MR) is 150 cm³/mol. The summed E-state index contributed by atoms with van der Waals surface area (Å²) in [7, 11) is 0. The zero-order chi connectivity index (χ0) is 24.3. The van der Waals surface area contributed by atoms with Gasteiger partial charge in [-0.2, -0.15) is 0 Å². The molecule has 182 valence electrons. The predicted octanol–water partition coefficient (Wildman–Crippen LogP) is 9.61. The summed E-state index contributed by atoms with van der Waals surface area (Å²) in [5.41, 5.74) is 11.6. The molecule has 1 aromatic rings. The molecule has 0 heterocycles. The Morgan fingerprint density at radius 1 is 0.719 bits per heavy atom. The third-order valence-electron chi connectivity index (χ3n) is 8.67. The lowest BCUT2D eigenvalue weighted by Crippen LogP contribution is -2.47. The van der Waals surface area contributed by atoms with Gasteiger partial charge in [-0.05, 0) is 119 Å². The molecule has 0 amide bonds. The van der Waals surface area contributed by atoms with Crippen molar-refractivity contribution < 1.29 is 0 Å². The first-order valence-electron chi connectivity index (χ1n) is 12.9. The molecular formula is C30H48Br2. The zero-order valence-electron chi connectivity index (χ0n) is 22.6. The molecule has 0 nitrogen and oxygen atoms in total. The Morgan fingerprint density at radius 2 is 1.03 bits per heavy atom. The van der Waals surface area contributed by atoms with Crippen LogP contribution in [0.5, 0.6) is 0 Å². The SMILES string of the molecule is Cc1c2c(c(C)c3c1C(C)(CC(C)(C)CC(C)CBr)C3)C(C)(CC(C)(C)CC(C)CBr)C2. The van der Waals surface area contributed by atoms with Crippen molar-refractivity contribution >= 4 is 31.9 Å². The van der Waals surface area contributed by atoms with Crippen molar-refractivity contribution in [1.29, 1.82) is 0 Å². The van der Waals surface area contributed by atoms with Crippen LogP contribution in [0.2, 0.25) is 0 Å². The molecule has 2 aliphatic rings. The van der Waals surface area contributed by atoms with Crippen LogP contribution in [0.15, 0.2) is 0 Å². The lowest BCUT2D eigenvalue weighted by molar-refractivity contribution is 0.178. The highest BCUT2D eigenvalue weighted by atomic mass is 79.9. The van der Waals surface area contributed by atoms with E-state index in [1.54, 1.807) is 33.4 Å². The molecule has 1 aromatic carbocycles. The van der Waals surface area contributed by atoms with Gasteiger partial charge >= 0.3 is 0 Å². The highest BCUT2D eigenvalue weighted by Crippen LogP contribution is 2.59. The number of hydrogen-bond donors (Lipinski definition) is 0. The molecule has 0 bridgehead atoms. The van der Waals surface area contributed by atoms with Crippen LogP contribution < -0.4 is 0 Å². The quantitative estimate of drug-likeness (QED) is 0.247. The number of rotatable bonds is 10. The van der Waals surface area contributed by atoms with E-state index < -0.39 is 0 Å². The average Bonchev–Trinajstić information content (AvgIpc) is 2.61. The van der Waals surface area contributed by atoms with Crippen molar-refractivity contribution in [3.8, 4) is 0 Å². The van der Waals surface area contributed by atoms with E-state index in [9.17, 15) is 0 Å². The molecule has 2 heteroatoms. The number of fused-ring (bicyclic) bond motifs is 2. The molecule has 0 saturated carbocycles. The normalized spacial score (nSPS) is 26.6. The van der Waals surface area contributed by atoms with Crippen LogP contribution in [0, 0.1) is 36.5 Å². The third kappa shape index (κ3) is 4.93. The van der Waals surface area contributed by atoms with Crippen molar-refractivity contribution in [1.82, 2.24) is 0 Å². The van der Waals surface area contributed by atoms with Crippen LogP contribution in [0.1, 0.15) is 114 Å². The van der Waals surface area contributed by atoms with Crippen molar-refractivity contribution in [2.24, 2.45) is 22.7 Å². The van der Waals surface area contributed by atoms with Gasteiger partial charge in [0, 0.05) is 10.7 Å². The highest BCUT2D eigenvalue weighted by Gasteiger charge is 2.51. The van der Waals surface area contributed by atoms with Gasteiger partial charge in [0.05, 0.1) is 0 Å². The van der Waals surface area contributed by atoms with E-state index in [2.05, 4.69) is 101 Å². The summed E-state index contributed by atoms with van der Waals surface area (Å²) >= 11 is 7.39. The Labute approximate surface area is 216 Å². The molecule has 2 aliphatic carbocycles. The topological polar surface area (TPSA) is 0 Å². The van der Waals surface area contributed by atoms with E-state index in [1.807, 2.05) is 0 Å². The molecule has 0 radical (unpaired) electrons. The maximum absolute atomic E-state index is 3.70. The van der Waals surface area contributed by atoms with E-state index >= 15 is 0 Å². The molecule has 0 aromatic heterocycles. The monoisotopic (exact) mass is 566 g/mol. The van der Waals surface area contributed by atoms with Crippen molar-refractivity contribution in [3.05, 3.63) is 33.4 Å². The summed E-state index contributed by atoms with van der Waals surface area (Å²) in [6.45, 7) is 24.7. The summed E-state index contributed by atoms with van der Waals surface area (Å²) in [5.74, 6) is 1.48. The van der Waals surface area contributed by atoms with Crippen molar-refractivity contribution in [2.45, 2.75) is 119 Å². The number of halogens is 2. The van der Waals surface area contributed by atoms with Crippen LogP contribution in [0.4, 0.5) is 0 Å². The van der Waals surface area contributed by atoms with Gasteiger partial charge in [0.2, 0.25) is 0 Å². The first kappa shape index (κ1) is 26.8. The molecule has 3 rings (SSSR count). The Morgan fingerprint density at radius 3 is 1.31 bits per heavy atom. The van der Waals surface area contributed by atoms with E-state index in [0.29, 0.717) is 21.7 Å². The largest absolute Gasteiger partial charge is 0.0925 e. The standard InChI is InChI=1S/C30H48Br2/c1-19(15-31)11-27(5,6)17-29(9)13-23-22(4)26-24(21(3)25(23)29)14-30(26,10)18-28(7,8)12-20(2)16-32/h19-20H,11-18H2,1-10H3. The Balaban J connectivity index is 1.87. The minimum Gasteiger partial charge on any atom is -0.0925 e. The average molecular weight is 569 g/mol. The highest BCUT2D eigenvalue weighted by molar-refractivity contribution is 9.09. The molecule has 4 unspecified atom stereocenters. The Hall–Kier alpha value is 0.180. The second kappa shape index (κ2) is 9.00. The molecule has 0 spiro atoms. The fraction of sp³-hybridized carbons (Fsp3) is 0.800. The second-order valence-corrected chi connectivity index (χ2v) is 15.3. The van der Waals surface area contributed by atoms with E-state index in [1.165, 1.54) is 38.5 Å². The van der Waals surface area contributed by atoms with Crippen LogP contribution in [-0.4, -0.2) is 10.7 Å². The maximum atomic E-state index is 3.70. The van der Waals surface area contributed by atoms with Crippen molar-refractivity contribution in [2.75, 3.05) is 10.7 Å². The van der Waals surface area contributed by atoms with Gasteiger partial charge in [-0.15, -0.1) is 0 Å². The molecule has 0 fully saturated rings. The maximum Gasteiger partial charge on any atom is 0.00572 e. The first-order valence-corrected chi connectivity index (χ1v) is 15.1. The van der Waals surface area contributed by atoms with Gasteiger partial charge in [0.1, 0.15) is 0 Å². The Kier molecular flexibility index (Phi) is 7.53. The number of hydrogen-bond acceptors (Lipinski definition) is 0. The third-order valence-corrected chi connectivity index (χ3v) is 10.9. The van der Waals surface area contributed by atoms with Crippen LogP contribution in [0.25, 0.3) is 0 Å². The van der Waals surface area contributed by atoms with E-state index in [4.69, 9.17) is 0 Å². The van der Waals surface area contributed by atoms with Crippen molar-refractivity contribution in [3.63, 3.8) is 0 Å². The Bertz CT molecular complexity index is 776. The molecule has 0 N–H and O–H groups in total. The molecule has 0 saturated heterocycles. The van der Waals surface area contributed by atoms with Gasteiger partial charge in [-0.25, -0.2) is 0 Å². The summed E-state index contributed by atoms with van der Waals surface area (Å²) in [5, 5.41) is 2.22. The summed E-state index contributed by atoms with van der Waals surface area (Å²) < 4.78 is 0. The molecule has 0 aliphatic heterocycles. The summed E-state index contributed by atoms with van der Waals surface area (Å²) in [6, 6.07) is 0. The van der Waals surface area contributed by atoms with Crippen LogP contribution in [0.3, 0.4) is 0 Å². The number of alkyl halides is 2. The fourth-order valence-electron chi connectivity index (χ4n) is 8.50. The lowest BCUT2D eigenvalue weighted by atomic mass is 9.50. The zero-order valence-corrected chi connectivity index (χ0v) is 25.7. The summed E-state index contributed by atoms with van der Waals surface area (Å²) in [6.07, 6.45) is 7.75. The minimum atomic E-state index is 0.352. The molecular weight excluding hydrogens is 520 g/mol. The van der Waals surface area contributed by atoms with Gasteiger partial charge in [-0.1, -0.05) is 87.2 Å². The van der Waals surface area contributed by atoms with Gasteiger partial charge in [0.25, 0.3) is 0 Å². The summed E-state index contributed by atoms with van der Waals surface area (Å²) in [4.78, 5) is 0. The second-order valence-electron chi connectivity index (χ2n) is 14.0. The smallest absolute Gasteiger partial charge is 0.00572 e. The van der Waals surface area contributed by atoms with Gasteiger partial charge in [-0.3, -0.25) is 0 Å². The molecule has 32 heavy (non-hydrogen) atoms. The van der Waals surface area contributed by atoms with Crippen LogP contribution in [-0.2, 0) is 23.7 Å². The first-order chi connectivity index (χ1) is 14.6. The fourth-order valence-corrected chi connectivity index (χ4v) is 8.96. The van der Waals surface area contributed by atoms with E-state index in [-0.39, 0.29) is 0 Å². The number of benzene rings is 1. The van der Waals surface area contributed by atoms with E-state index in [0.717, 1.165) is 22.5 Å². The van der Waals surface area contributed by atoms with Crippen LogP contribution >= 0.6 is 31.9 Å². The minimum absolute atomic E-state index is 0.352. The van der Waals surface area contributed by atoms with Gasteiger partial charge < -0.3 is 0 Å². The lowest BCUT2D eigenvalue weighted by Gasteiger charge is -2.54. The van der Waals surface area contributed by atoms with Gasteiger partial charge in [0.15, 0.2) is 0 Å². The molecule has 4 atom stereocenters.